The van der Waals surface area contributed by atoms with Gasteiger partial charge in [0.25, 0.3) is 0 Å². The number of anilines is 1. The molecule has 2 atom stereocenters. The summed E-state index contributed by atoms with van der Waals surface area (Å²) in [4.78, 5) is 14.2. The fourth-order valence-corrected chi connectivity index (χ4v) is 3.45. The molecule has 5 nitrogen and oxygen atoms in total. The van der Waals surface area contributed by atoms with Gasteiger partial charge in [-0.25, -0.2) is 0 Å². The van der Waals surface area contributed by atoms with E-state index in [1.165, 1.54) is 19.3 Å². The number of nitrogens with zero attached hydrogens (tertiary/aromatic N) is 2. The molecular formula is C15H19N3O2. The highest BCUT2D eigenvalue weighted by molar-refractivity contribution is 5.99. The first-order chi connectivity index (χ1) is 9.63. The Bertz CT molecular complexity index is 543. The van der Waals surface area contributed by atoms with Gasteiger partial charge in [0.15, 0.2) is 5.84 Å². The lowest BCUT2D eigenvalue weighted by atomic mass is 10.1. The molecule has 0 aliphatic heterocycles. The summed E-state index contributed by atoms with van der Waals surface area (Å²) in [7, 11) is 1.81. The second kappa shape index (κ2) is 4.81. The minimum absolute atomic E-state index is 0.0715. The van der Waals surface area contributed by atoms with Crippen LogP contribution in [0.2, 0.25) is 0 Å². The molecule has 0 aromatic heterocycles. The number of oxime groups is 1. The van der Waals surface area contributed by atoms with E-state index >= 15 is 0 Å². The standard InChI is InChI=1S/C15H19N3O2/c1-18(15(19)13-11-3-2-4-12(11)13)10-7-5-9(6-8-10)14(16)17-20/h5-8,11-13,20H,2-4H2,1H3,(H2,16,17). The lowest BCUT2D eigenvalue weighted by molar-refractivity contribution is -0.120. The van der Waals surface area contributed by atoms with E-state index in [1.54, 1.807) is 17.0 Å². The van der Waals surface area contributed by atoms with Crippen LogP contribution >= 0.6 is 0 Å². The fourth-order valence-electron chi connectivity index (χ4n) is 3.45. The maximum Gasteiger partial charge on any atom is 0.230 e. The third kappa shape index (κ3) is 2.03. The number of carbonyl (C=O) groups is 1. The van der Waals surface area contributed by atoms with E-state index in [0.29, 0.717) is 17.4 Å². The number of benzene rings is 1. The maximum absolute atomic E-state index is 12.4. The minimum atomic E-state index is 0.0715. The van der Waals surface area contributed by atoms with Crippen molar-refractivity contribution < 1.29 is 10.0 Å². The molecule has 2 unspecified atom stereocenters. The molecule has 1 aromatic carbocycles. The van der Waals surface area contributed by atoms with Crippen LogP contribution in [0.1, 0.15) is 24.8 Å². The van der Waals surface area contributed by atoms with Gasteiger partial charge in [-0.15, -0.1) is 0 Å². The Balaban J connectivity index is 1.71. The van der Waals surface area contributed by atoms with Gasteiger partial charge >= 0.3 is 0 Å². The molecule has 106 valence electrons. The molecule has 2 saturated carbocycles. The van der Waals surface area contributed by atoms with Gasteiger partial charge in [-0.05, 0) is 48.9 Å². The average molecular weight is 273 g/mol. The Kier molecular flexibility index (Phi) is 3.12. The van der Waals surface area contributed by atoms with Crippen LogP contribution in [0.5, 0.6) is 0 Å². The lowest BCUT2D eigenvalue weighted by Gasteiger charge is -2.18. The molecule has 3 N–H and O–H groups in total. The van der Waals surface area contributed by atoms with Crippen LogP contribution in [0, 0.1) is 17.8 Å². The normalized spacial score (nSPS) is 28.1. The van der Waals surface area contributed by atoms with E-state index < -0.39 is 0 Å². The van der Waals surface area contributed by atoms with Crippen LogP contribution < -0.4 is 10.6 Å². The molecule has 1 aromatic rings. The summed E-state index contributed by atoms with van der Waals surface area (Å²) >= 11 is 0. The predicted octanol–water partition coefficient (Wildman–Crippen LogP) is 1.79. The highest BCUT2D eigenvalue weighted by Crippen LogP contribution is 2.58. The smallest absolute Gasteiger partial charge is 0.230 e. The monoisotopic (exact) mass is 273 g/mol. The number of rotatable bonds is 3. The predicted molar refractivity (Wildman–Crippen MR) is 76.7 cm³/mol. The average Bonchev–Trinajstić information content (AvgIpc) is 2.97. The largest absolute Gasteiger partial charge is 0.409 e. The van der Waals surface area contributed by atoms with Gasteiger partial charge in [-0.3, -0.25) is 4.79 Å². The van der Waals surface area contributed by atoms with Crippen molar-refractivity contribution in [1.29, 1.82) is 0 Å². The molecular weight excluding hydrogens is 254 g/mol. The summed E-state index contributed by atoms with van der Waals surface area (Å²) in [5, 5.41) is 11.6. The van der Waals surface area contributed by atoms with E-state index in [2.05, 4.69) is 5.16 Å². The molecule has 0 radical (unpaired) electrons. The minimum Gasteiger partial charge on any atom is -0.409 e. The zero-order valence-corrected chi connectivity index (χ0v) is 11.5. The van der Waals surface area contributed by atoms with Crippen LogP contribution in [-0.2, 0) is 4.79 Å². The second-order valence-corrected chi connectivity index (χ2v) is 5.71. The molecule has 0 spiro atoms. The number of carbonyl (C=O) groups excluding carboxylic acids is 1. The van der Waals surface area contributed by atoms with Crippen LogP contribution in [0.15, 0.2) is 29.4 Å². The van der Waals surface area contributed by atoms with Gasteiger partial charge in [-0.2, -0.15) is 0 Å². The Labute approximate surface area is 118 Å². The van der Waals surface area contributed by atoms with Gasteiger partial charge in [0.1, 0.15) is 0 Å². The molecule has 1 amide bonds. The van der Waals surface area contributed by atoms with Gasteiger partial charge in [0, 0.05) is 24.2 Å². The molecule has 0 bridgehead atoms. The Hall–Kier alpha value is -2.04. The highest BCUT2D eigenvalue weighted by atomic mass is 16.4. The van der Waals surface area contributed by atoms with Gasteiger partial charge < -0.3 is 15.8 Å². The molecule has 20 heavy (non-hydrogen) atoms. The number of amides is 1. The van der Waals surface area contributed by atoms with Gasteiger partial charge in [0.2, 0.25) is 5.91 Å². The molecule has 2 aliphatic rings. The highest BCUT2D eigenvalue weighted by Gasteiger charge is 2.57. The SMILES string of the molecule is CN(C(=O)C1C2CCCC21)c1ccc(/C(N)=N/O)cc1. The van der Waals surface area contributed by atoms with Crippen molar-refractivity contribution in [2.24, 2.45) is 28.6 Å². The summed E-state index contributed by atoms with van der Waals surface area (Å²) < 4.78 is 0. The first-order valence-electron chi connectivity index (χ1n) is 6.99. The van der Waals surface area contributed by atoms with E-state index in [9.17, 15) is 4.79 Å². The van der Waals surface area contributed by atoms with Crippen LogP contribution in [0.3, 0.4) is 0 Å². The van der Waals surface area contributed by atoms with Crippen molar-refractivity contribution in [2.45, 2.75) is 19.3 Å². The third-order valence-corrected chi connectivity index (χ3v) is 4.68. The first kappa shape index (κ1) is 13.0. The lowest BCUT2D eigenvalue weighted by Crippen LogP contribution is -2.29. The number of nitrogens with two attached hydrogens (primary N) is 1. The summed E-state index contributed by atoms with van der Waals surface area (Å²) in [5.74, 6) is 1.78. The summed E-state index contributed by atoms with van der Waals surface area (Å²) in [5.41, 5.74) is 7.00. The van der Waals surface area contributed by atoms with E-state index in [0.717, 1.165) is 5.69 Å². The Morgan fingerprint density at radius 1 is 1.30 bits per heavy atom. The number of hydrogen-bond donors (Lipinski definition) is 2. The van der Waals surface area contributed by atoms with Crippen molar-refractivity contribution in [3.05, 3.63) is 29.8 Å². The van der Waals surface area contributed by atoms with Crippen LogP contribution in [0.4, 0.5) is 5.69 Å². The van der Waals surface area contributed by atoms with E-state index in [-0.39, 0.29) is 17.7 Å². The summed E-state index contributed by atoms with van der Waals surface area (Å²) in [6.45, 7) is 0. The first-order valence-corrected chi connectivity index (χ1v) is 6.99. The van der Waals surface area contributed by atoms with Crippen molar-refractivity contribution >= 4 is 17.4 Å². The second-order valence-electron chi connectivity index (χ2n) is 5.71. The van der Waals surface area contributed by atoms with E-state index in [4.69, 9.17) is 10.9 Å². The summed E-state index contributed by atoms with van der Waals surface area (Å²) in [6, 6.07) is 7.15. The van der Waals surface area contributed by atoms with Crippen molar-refractivity contribution in [1.82, 2.24) is 0 Å². The zero-order valence-electron chi connectivity index (χ0n) is 11.5. The molecule has 3 rings (SSSR count). The van der Waals surface area contributed by atoms with Gasteiger partial charge in [-0.1, -0.05) is 11.6 Å². The Morgan fingerprint density at radius 3 is 2.45 bits per heavy atom. The topological polar surface area (TPSA) is 78.9 Å². The number of hydrogen-bond acceptors (Lipinski definition) is 3. The molecule has 2 fully saturated rings. The van der Waals surface area contributed by atoms with Gasteiger partial charge in [0.05, 0.1) is 0 Å². The molecule has 0 heterocycles. The molecule has 0 saturated heterocycles. The molecule has 2 aliphatic carbocycles. The third-order valence-electron chi connectivity index (χ3n) is 4.68. The number of fused-ring (bicyclic) bond motifs is 1. The van der Waals surface area contributed by atoms with Crippen molar-refractivity contribution in [3.8, 4) is 0 Å². The fraction of sp³-hybridized carbons (Fsp3) is 0.467. The summed E-state index contributed by atoms with van der Waals surface area (Å²) in [6.07, 6.45) is 3.69. The van der Waals surface area contributed by atoms with Crippen molar-refractivity contribution in [3.63, 3.8) is 0 Å². The van der Waals surface area contributed by atoms with Crippen LogP contribution in [-0.4, -0.2) is 24.0 Å². The van der Waals surface area contributed by atoms with Crippen molar-refractivity contribution in [2.75, 3.05) is 11.9 Å². The maximum atomic E-state index is 12.4. The number of amidine groups is 1. The quantitative estimate of drug-likeness (QED) is 0.381. The molecule has 5 heteroatoms. The van der Waals surface area contributed by atoms with E-state index in [1.807, 2.05) is 19.2 Å². The Morgan fingerprint density at radius 2 is 1.90 bits per heavy atom. The van der Waals surface area contributed by atoms with Crippen LogP contribution in [0.25, 0.3) is 0 Å². The zero-order chi connectivity index (χ0) is 14.3.